The molecule has 0 fully saturated rings. The zero-order valence-corrected chi connectivity index (χ0v) is 10.1. The topological polar surface area (TPSA) is 50.9 Å². The highest BCUT2D eigenvalue weighted by molar-refractivity contribution is 5.94. The van der Waals surface area contributed by atoms with Crippen LogP contribution in [0.25, 0.3) is 10.9 Å². The fraction of sp³-hybridized carbons (Fsp3) is 0.308. The maximum atomic E-state index is 13.9. The van der Waals surface area contributed by atoms with Crippen molar-refractivity contribution in [1.29, 1.82) is 0 Å². The van der Waals surface area contributed by atoms with E-state index in [0.29, 0.717) is 12.1 Å². The van der Waals surface area contributed by atoms with Crippen molar-refractivity contribution in [3.8, 4) is 0 Å². The molecular weight excluding hydrogens is 255 g/mol. The molecule has 1 heterocycles. The van der Waals surface area contributed by atoms with Crippen LogP contribution in [0.2, 0.25) is 0 Å². The summed E-state index contributed by atoms with van der Waals surface area (Å²) in [7, 11) is 0. The van der Waals surface area contributed by atoms with E-state index in [2.05, 4.69) is 10.4 Å². The van der Waals surface area contributed by atoms with Gasteiger partial charge in [-0.2, -0.15) is 0 Å². The first-order chi connectivity index (χ1) is 9.13. The van der Waals surface area contributed by atoms with Crippen molar-refractivity contribution in [1.82, 2.24) is 4.98 Å². The zero-order chi connectivity index (χ0) is 13.6. The quantitative estimate of drug-likeness (QED) is 0.474. The van der Waals surface area contributed by atoms with Crippen molar-refractivity contribution in [3.63, 3.8) is 0 Å². The summed E-state index contributed by atoms with van der Waals surface area (Å²) >= 11 is 0. The molecule has 1 aromatic carbocycles. The summed E-state index contributed by atoms with van der Waals surface area (Å²) in [6, 6.07) is 0.906. The molecule has 0 aliphatic heterocycles. The second kappa shape index (κ2) is 4.38. The van der Waals surface area contributed by atoms with Crippen molar-refractivity contribution in [2.24, 2.45) is 5.84 Å². The molecule has 0 saturated heterocycles. The number of hydrogen-bond acceptors (Lipinski definition) is 3. The number of benzene rings is 1. The highest BCUT2D eigenvalue weighted by atomic mass is 19.2. The van der Waals surface area contributed by atoms with Gasteiger partial charge in [0.2, 0.25) is 0 Å². The molecule has 3 nitrogen and oxygen atoms in total. The van der Waals surface area contributed by atoms with E-state index in [1.54, 1.807) is 0 Å². The van der Waals surface area contributed by atoms with Gasteiger partial charge < -0.3 is 5.43 Å². The summed E-state index contributed by atoms with van der Waals surface area (Å²) in [6.45, 7) is 0. The van der Waals surface area contributed by atoms with E-state index in [4.69, 9.17) is 5.84 Å². The summed E-state index contributed by atoms with van der Waals surface area (Å²) in [5.74, 6) is 1.45. The van der Waals surface area contributed by atoms with Gasteiger partial charge in [-0.25, -0.2) is 13.2 Å². The van der Waals surface area contributed by atoms with Gasteiger partial charge in [-0.3, -0.25) is 10.8 Å². The standard InChI is InChI=1S/C13H12F3N3/c14-7-5-9-10(12(16)11(7)15)13(19-17)6-3-1-2-4-8(6)18-9/h5H,1-4,17H2,(H,18,19). The van der Waals surface area contributed by atoms with Crippen molar-refractivity contribution >= 4 is 16.6 Å². The molecule has 3 rings (SSSR count). The predicted molar refractivity (Wildman–Crippen MR) is 66.1 cm³/mol. The molecule has 0 bridgehead atoms. The summed E-state index contributed by atoms with van der Waals surface area (Å²) in [5, 5.41) is -0.0814. The molecule has 0 spiro atoms. The largest absolute Gasteiger partial charge is 0.323 e. The van der Waals surface area contributed by atoms with Gasteiger partial charge in [0.05, 0.1) is 16.6 Å². The van der Waals surface area contributed by atoms with Gasteiger partial charge in [-0.15, -0.1) is 0 Å². The van der Waals surface area contributed by atoms with Gasteiger partial charge in [0, 0.05) is 11.8 Å². The van der Waals surface area contributed by atoms with Crippen LogP contribution in [0.15, 0.2) is 6.07 Å². The number of nitrogens with zero attached hydrogens (tertiary/aromatic N) is 1. The average Bonchev–Trinajstić information content (AvgIpc) is 2.42. The number of nitrogens with one attached hydrogen (secondary N) is 1. The molecule has 1 aromatic heterocycles. The molecule has 0 amide bonds. The second-order valence-corrected chi connectivity index (χ2v) is 4.64. The summed E-state index contributed by atoms with van der Waals surface area (Å²) < 4.78 is 40.6. The highest BCUT2D eigenvalue weighted by Crippen LogP contribution is 2.35. The van der Waals surface area contributed by atoms with E-state index in [0.717, 1.165) is 36.6 Å². The van der Waals surface area contributed by atoms with E-state index in [1.165, 1.54) is 0 Å². The van der Waals surface area contributed by atoms with Crippen LogP contribution in [0, 0.1) is 17.5 Å². The number of aryl methyl sites for hydroxylation is 1. The van der Waals surface area contributed by atoms with E-state index >= 15 is 0 Å². The van der Waals surface area contributed by atoms with E-state index in [1.807, 2.05) is 0 Å². The number of hydrazine groups is 1. The molecule has 3 N–H and O–H groups in total. The summed E-state index contributed by atoms with van der Waals surface area (Å²) in [6.07, 6.45) is 3.36. The lowest BCUT2D eigenvalue weighted by atomic mass is 9.92. The fourth-order valence-corrected chi connectivity index (χ4v) is 2.65. The van der Waals surface area contributed by atoms with Gasteiger partial charge in [0.25, 0.3) is 0 Å². The minimum absolute atomic E-state index is 0.0814. The Labute approximate surface area is 107 Å². The number of pyridine rings is 1. The zero-order valence-electron chi connectivity index (χ0n) is 10.1. The van der Waals surface area contributed by atoms with Crippen molar-refractivity contribution in [2.45, 2.75) is 25.7 Å². The Hall–Kier alpha value is -1.82. The normalized spacial score (nSPS) is 14.5. The molecule has 2 aromatic rings. The molecule has 1 aliphatic carbocycles. The van der Waals surface area contributed by atoms with Crippen molar-refractivity contribution < 1.29 is 13.2 Å². The van der Waals surface area contributed by atoms with Crippen LogP contribution >= 0.6 is 0 Å². The molecule has 6 heteroatoms. The van der Waals surface area contributed by atoms with Crippen LogP contribution in [0.5, 0.6) is 0 Å². The molecule has 0 saturated carbocycles. The summed E-state index contributed by atoms with van der Waals surface area (Å²) in [4.78, 5) is 4.24. The molecule has 0 radical (unpaired) electrons. The van der Waals surface area contributed by atoms with Crippen LogP contribution in [0.3, 0.4) is 0 Å². The number of halogens is 3. The van der Waals surface area contributed by atoms with E-state index < -0.39 is 17.5 Å². The number of nitrogen functional groups attached to an aromatic ring is 1. The smallest absolute Gasteiger partial charge is 0.195 e. The second-order valence-electron chi connectivity index (χ2n) is 4.64. The first-order valence-corrected chi connectivity index (χ1v) is 6.09. The Morgan fingerprint density at radius 2 is 1.84 bits per heavy atom. The minimum atomic E-state index is -1.50. The van der Waals surface area contributed by atoms with Crippen LogP contribution in [0.4, 0.5) is 18.9 Å². The van der Waals surface area contributed by atoms with Crippen LogP contribution < -0.4 is 11.3 Å². The van der Waals surface area contributed by atoms with Crippen molar-refractivity contribution in [3.05, 3.63) is 34.8 Å². The highest BCUT2D eigenvalue weighted by Gasteiger charge is 2.23. The predicted octanol–water partition coefficient (Wildman–Crippen LogP) is 2.82. The first-order valence-electron chi connectivity index (χ1n) is 6.09. The Morgan fingerprint density at radius 3 is 2.58 bits per heavy atom. The molecule has 0 unspecified atom stereocenters. The number of aromatic nitrogens is 1. The summed E-state index contributed by atoms with van der Waals surface area (Å²) in [5.41, 5.74) is 4.39. The Balaban J connectivity index is 2.44. The Morgan fingerprint density at radius 1 is 1.11 bits per heavy atom. The molecule has 19 heavy (non-hydrogen) atoms. The third-order valence-corrected chi connectivity index (χ3v) is 3.53. The molecular formula is C13H12F3N3. The van der Waals surface area contributed by atoms with Crippen LogP contribution in [0.1, 0.15) is 24.1 Å². The van der Waals surface area contributed by atoms with Gasteiger partial charge in [0.1, 0.15) is 0 Å². The van der Waals surface area contributed by atoms with Crippen molar-refractivity contribution in [2.75, 3.05) is 5.43 Å². The molecule has 100 valence electrons. The number of fused-ring (bicyclic) bond motifs is 2. The molecule has 0 atom stereocenters. The average molecular weight is 267 g/mol. The SMILES string of the molecule is NNc1c2c(nc3cc(F)c(F)c(F)c13)CCCC2. The minimum Gasteiger partial charge on any atom is -0.323 e. The third-order valence-electron chi connectivity index (χ3n) is 3.53. The fourth-order valence-electron chi connectivity index (χ4n) is 2.65. The number of anilines is 1. The lowest BCUT2D eigenvalue weighted by Crippen LogP contribution is -2.16. The van der Waals surface area contributed by atoms with Gasteiger partial charge >= 0.3 is 0 Å². The Kier molecular flexibility index (Phi) is 2.82. The number of nitrogens with two attached hydrogens (primary N) is 1. The lowest BCUT2D eigenvalue weighted by Gasteiger charge is -2.20. The third kappa shape index (κ3) is 1.74. The molecule has 1 aliphatic rings. The van der Waals surface area contributed by atoms with Crippen LogP contribution in [-0.4, -0.2) is 4.98 Å². The van der Waals surface area contributed by atoms with Gasteiger partial charge in [0.15, 0.2) is 17.5 Å². The number of hydrogen-bond donors (Lipinski definition) is 2. The van der Waals surface area contributed by atoms with Gasteiger partial charge in [-0.1, -0.05) is 0 Å². The monoisotopic (exact) mass is 267 g/mol. The number of rotatable bonds is 1. The van der Waals surface area contributed by atoms with Gasteiger partial charge in [-0.05, 0) is 31.2 Å². The van der Waals surface area contributed by atoms with Crippen LogP contribution in [-0.2, 0) is 12.8 Å². The Bertz CT molecular complexity index is 670. The maximum absolute atomic E-state index is 13.9. The lowest BCUT2D eigenvalue weighted by molar-refractivity contribution is 0.453. The first kappa shape index (κ1) is 12.2. The van der Waals surface area contributed by atoms with E-state index in [-0.39, 0.29) is 10.9 Å². The maximum Gasteiger partial charge on any atom is 0.195 e. The van der Waals surface area contributed by atoms with E-state index in [9.17, 15) is 13.2 Å².